The van der Waals surface area contributed by atoms with E-state index in [-0.39, 0.29) is 23.6 Å². The lowest BCUT2D eigenvalue weighted by Gasteiger charge is -2.45. The predicted molar refractivity (Wildman–Crippen MR) is 221 cm³/mol. The Morgan fingerprint density at radius 1 is 0.566 bits per heavy atom. The van der Waals surface area contributed by atoms with Crippen molar-refractivity contribution < 1.29 is 9.53 Å². The smallest absolute Gasteiger partial charge is 0.409 e. The average molecular weight is 686 g/mol. The van der Waals surface area contributed by atoms with Gasteiger partial charge in [0.1, 0.15) is 5.75 Å². The van der Waals surface area contributed by atoms with Gasteiger partial charge in [-0.25, -0.2) is 9.69 Å². The number of hydrogen-bond donors (Lipinski definition) is 0. The Balaban J connectivity index is 1.39. The van der Waals surface area contributed by atoms with Crippen LogP contribution in [0.25, 0.3) is 44.2 Å². The second kappa shape index (κ2) is 11.6. The largest absolute Gasteiger partial charge is 0.424 e. The summed E-state index contributed by atoms with van der Waals surface area (Å²) in [7, 11) is 0. The second-order valence-electron chi connectivity index (χ2n) is 16.3. The lowest BCUT2D eigenvalue weighted by Crippen LogP contribution is -2.61. The Morgan fingerprint density at radius 3 is 1.74 bits per heavy atom. The standard InChI is InChI=1S/C49H40BNO2/c1-48(2)25-26-49(3,4)39-30-42-41(29-38(39)48)50(40-24-23-34-21-14-22-43-44(34)46(40)51(42)47(52)53-43)45-36(32-17-10-6-11-18-32)27-35(31-15-8-5-9-16-31)28-37(45)33-19-12-7-13-20-33/h5-24,27-30H,25-26H2,1-4H3. The van der Waals surface area contributed by atoms with Gasteiger partial charge in [-0.15, -0.1) is 0 Å². The summed E-state index contributed by atoms with van der Waals surface area (Å²) < 4.78 is 6.17. The first-order chi connectivity index (χ1) is 25.7. The molecule has 0 atom stereocenters. The number of rotatable bonds is 4. The average Bonchev–Trinajstić information content (AvgIpc) is 3.18. The molecule has 3 nitrogen and oxygen atoms in total. The number of ether oxygens (including phenoxy) is 1. The van der Waals surface area contributed by atoms with Gasteiger partial charge in [0.15, 0.2) is 0 Å². The Bertz CT molecular complexity index is 2550. The molecule has 4 heteroatoms. The minimum Gasteiger partial charge on any atom is -0.409 e. The van der Waals surface area contributed by atoms with Crippen molar-refractivity contribution in [2.24, 2.45) is 0 Å². The maximum Gasteiger partial charge on any atom is 0.424 e. The third-order valence-corrected chi connectivity index (χ3v) is 12.2. The van der Waals surface area contributed by atoms with Crippen molar-refractivity contribution in [3.8, 4) is 39.1 Å². The highest BCUT2D eigenvalue weighted by molar-refractivity contribution is 7.00. The molecule has 2 heterocycles. The summed E-state index contributed by atoms with van der Waals surface area (Å²) in [5, 5.41) is 2.05. The summed E-state index contributed by atoms with van der Waals surface area (Å²) in [6, 6.07) is 52.4. The fourth-order valence-corrected chi connectivity index (χ4v) is 9.35. The van der Waals surface area contributed by atoms with E-state index in [1.165, 1.54) is 38.8 Å². The maximum absolute atomic E-state index is 14.4. The minimum absolute atomic E-state index is 0.0225. The summed E-state index contributed by atoms with van der Waals surface area (Å²) in [5.74, 6) is 0.619. The van der Waals surface area contributed by atoms with E-state index in [0.717, 1.165) is 57.0 Å². The van der Waals surface area contributed by atoms with Gasteiger partial charge in [0.05, 0.1) is 5.69 Å². The lowest BCUT2D eigenvalue weighted by atomic mass is 9.33. The molecule has 0 radical (unpaired) electrons. The summed E-state index contributed by atoms with van der Waals surface area (Å²) in [4.78, 5) is 16.2. The molecule has 256 valence electrons. The topological polar surface area (TPSA) is 29.5 Å². The van der Waals surface area contributed by atoms with Crippen LogP contribution < -0.4 is 26.0 Å². The van der Waals surface area contributed by atoms with Gasteiger partial charge in [-0.3, -0.25) is 0 Å². The Morgan fingerprint density at radius 2 is 1.13 bits per heavy atom. The molecule has 7 aromatic carbocycles. The molecular formula is C49H40BNO2. The van der Waals surface area contributed by atoms with Gasteiger partial charge >= 0.3 is 6.09 Å². The number of carbonyl (C=O) groups excluding carboxylic acids is 1. The van der Waals surface area contributed by atoms with Crippen molar-refractivity contribution in [1.82, 2.24) is 0 Å². The highest BCUT2D eigenvalue weighted by Crippen LogP contribution is 2.50. The van der Waals surface area contributed by atoms with Gasteiger partial charge in [0.25, 0.3) is 0 Å². The SMILES string of the molecule is CC1(C)CCC(C)(C)c2cc3c(cc21)B(c1c(-c2ccccc2)cc(-c2ccccc2)cc1-c1ccccc1)c1ccc2cccc4c2c1N3C(=O)O4. The van der Waals surface area contributed by atoms with Gasteiger partial charge in [-0.1, -0.05) is 154 Å². The molecular weight excluding hydrogens is 645 g/mol. The first-order valence-electron chi connectivity index (χ1n) is 18.8. The van der Waals surface area contributed by atoms with Crippen LogP contribution in [0, 0.1) is 0 Å². The molecule has 0 unspecified atom stereocenters. The molecule has 0 bridgehead atoms. The van der Waals surface area contributed by atoms with E-state index in [2.05, 4.69) is 161 Å². The molecule has 0 aromatic heterocycles. The van der Waals surface area contributed by atoms with Crippen LogP contribution in [-0.4, -0.2) is 12.8 Å². The van der Waals surface area contributed by atoms with E-state index in [9.17, 15) is 4.79 Å². The quantitative estimate of drug-likeness (QED) is 0.173. The van der Waals surface area contributed by atoms with Crippen LogP contribution in [0.1, 0.15) is 51.7 Å². The number of carbonyl (C=O) groups is 1. The lowest BCUT2D eigenvalue weighted by molar-refractivity contribution is 0.210. The normalized spacial score (nSPS) is 16.2. The van der Waals surface area contributed by atoms with E-state index < -0.39 is 0 Å². The molecule has 0 saturated heterocycles. The van der Waals surface area contributed by atoms with Crippen LogP contribution in [-0.2, 0) is 10.8 Å². The number of nitrogens with zero attached hydrogens (tertiary/aromatic N) is 1. The zero-order chi connectivity index (χ0) is 36.1. The summed E-state index contributed by atoms with van der Waals surface area (Å²) in [6.45, 7) is 9.29. The highest BCUT2D eigenvalue weighted by Gasteiger charge is 2.46. The van der Waals surface area contributed by atoms with Gasteiger partial charge in [-0.2, -0.15) is 0 Å². The number of hydrogen-bond acceptors (Lipinski definition) is 2. The minimum atomic E-state index is -0.351. The van der Waals surface area contributed by atoms with Crippen molar-refractivity contribution in [1.29, 1.82) is 0 Å². The zero-order valence-corrected chi connectivity index (χ0v) is 30.6. The van der Waals surface area contributed by atoms with E-state index >= 15 is 0 Å². The maximum atomic E-state index is 14.4. The molecule has 1 amide bonds. The van der Waals surface area contributed by atoms with E-state index in [0.29, 0.717) is 5.75 Å². The van der Waals surface area contributed by atoms with E-state index in [1.54, 1.807) is 0 Å². The van der Waals surface area contributed by atoms with Crippen molar-refractivity contribution in [3.05, 3.63) is 157 Å². The van der Waals surface area contributed by atoms with Crippen LogP contribution in [0.2, 0.25) is 0 Å². The number of benzene rings is 7. The van der Waals surface area contributed by atoms with Crippen molar-refractivity contribution in [2.45, 2.75) is 51.4 Å². The summed E-state index contributed by atoms with van der Waals surface area (Å²) in [6.07, 6.45) is 1.83. The number of fused-ring (bicyclic) bond motifs is 3. The van der Waals surface area contributed by atoms with Crippen molar-refractivity contribution >= 4 is 51.3 Å². The molecule has 0 spiro atoms. The van der Waals surface area contributed by atoms with Crippen molar-refractivity contribution in [3.63, 3.8) is 0 Å². The van der Waals surface area contributed by atoms with Crippen molar-refractivity contribution in [2.75, 3.05) is 4.90 Å². The van der Waals surface area contributed by atoms with Crippen LogP contribution in [0.5, 0.6) is 5.75 Å². The van der Waals surface area contributed by atoms with Gasteiger partial charge in [0, 0.05) is 11.1 Å². The fraction of sp³-hybridized carbons (Fsp3) is 0.163. The van der Waals surface area contributed by atoms with Crippen LogP contribution in [0.3, 0.4) is 0 Å². The highest BCUT2D eigenvalue weighted by atomic mass is 16.6. The third kappa shape index (κ3) is 4.85. The van der Waals surface area contributed by atoms with Gasteiger partial charge < -0.3 is 4.74 Å². The van der Waals surface area contributed by atoms with E-state index in [4.69, 9.17) is 4.74 Å². The molecule has 1 aliphatic carbocycles. The number of amides is 1. The Kier molecular flexibility index (Phi) is 6.95. The van der Waals surface area contributed by atoms with Gasteiger partial charge in [0.2, 0.25) is 6.71 Å². The molecule has 53 heavy (non-hydrogen) atoms. The first kappa shape index (κ1) is 31.8. The molecule has 7 aromatic rings. The number of anilines is 2. The molecule has 10 rings (SSSR count). The van der Waals surface area contributed by atoms with Crippen LogP contribution >= 0.6 is 0 Å². The molecule has 0 saturated carbocycles. The fourth-order valence-electron chi connectivity index (χ4n) is 9.35. The Hall–Kier alpha value is -5.87. The van der Waals surface area contributed by atoms with Crippen LogP contribution in [0.15, 0.2) is 146 Å². The molecule has 0 N–H and O–H groups in total. The van der Waals surface area contributed by atoms with Gasteiger partial charge in [-0.05, 0) is 109 Å². The Labute approximate surface area is 312 Å². The molecule has 0 fully saturated rings. The monoisotopic (exact) mass is 685 g/mol. The van der Waals surface area contributed by atoms with E-state index in [1.807, 2.05) is 17.0 Å². The summed E-state index contributed by atoms with van der Waals surface area (Å²) >= 11 is 0. The first-order valence-corrected chi connectivity index (χ1v) is 18.8. The summed E-state index contributed by atoms with van der Waals surface area (Å²) in [5.41, 5.74) is 15.0. The van der Waals surface area contributed by atoms with Crippen LogP contribution in [0.4, 0.5) is 16.2 Å². The zero-order valence-electron chi connectivity index (χ0n) is 30.6. The second-order valence-corrected chi connectivity index (χ2v) is 16.3. The molecule has 3 aliphatic rings. The predicted octanol–water partition coefficient (Wildman–Crippen LogP) is 10.7. The molecule has 2 aliphatic heterocycles. The third-order valence-electron chi connectivity index (χ3n) is 12.2.